The average Bonchev–Trinajstić information content (AvgIpc) is 2.43. The number of phenols is 1. The zero-order valence-corrected chi connectivity index (χ0v) is 10.1. The minimum atomic E-state index is -3.22. The molecule has 0 radical (unpaired) electrons. The zero-order chi connectivity index (χ0) is 20.0. The van der Waals surface area contributed by atoms with Crippen LogP contribution in [0.3, 0.4) is 0 Å². The molecule has 100 valence electrons. The molecule has 1 fully saturated rings. The topological polar surface area (TPSA) is 43.7 Å². The van der Waals surface area contributed by atoms with Crippen LogP contribution in [0.2, 0.25) is 0 Å². The van der Waals surface area contributed by atoms with Crippen molar-refractivity contribution in [3.8, 4) is 5.75 Å². The molecule has 1 aliphatic carbocycles. The van der Waals surface area contributed by atoms with E-state index >= 15 is 0 Å². The minimum absolute atomic E-state index is 0.100. The fourth-order valence-electron chi connectivity index (χ4n) is 2.60. The Morgan fingerprint density at radius 2 is 2.33 bits per heavy atom. The van der Waals surface area contributed by atoms with Crippen molar-refractivity contribution in [1.29, 1.82) is 0 Å². The van der Waals surface area contributed by atoms with Gasteiger partial charge in [0.05, 0.1) is 5.60 Å². The van der Waals surface area contributed by atoms with Crippen LogP contribution in [-0.4, -0.2) is 35.6 Å². The molecule has 0 aliphatic heterocycles. The van der Waals surface area contributed by atoms with Crippen molar-refractivity contribution in [2.45, 2.75) is 31.3 Å². The molecule has 2 rings (SSSR count). The lowest BCUT2D eigenvalue weighted by atomic mass is 9.71. The summed E-state index contributed by atoms with van der Waals surface area (Å²) in [6.45, 7) is -9.27. The summed E-state index contributed by atoms with van der Waals surface area (Å²) in [5.74, 6) is -1.42. The van der Waals surface area contributed by atoms with Gasteiger partial charge in [-0.15, -0.1) is 0 Å². The maximum atomic E-state index is 11.3. The first kappa shape index (κ1) is 6.40. The van der Waals surface area contributed by atoms with Gasteiger partial charge in [-0.25, -0.2) is 0 Å². The van der Waals surface area contributed by atoms with Crippen LogP contribution in [0, 0.1) is 5.92 Å². The Kier molecular flexibility index (Phi) is 1.88. The average molecular weight is 257 g/mol. The van der Waals surface area contributed by atoms with E-state index in [0.29, 0.717) is 12.8 Å². The SMILES string of the molecule is [2H]C([2H])([2H])N(C([2H])([2H])[2H])C([2H])([2H])[C@@H]1CCCC[C@@]1(O)c1cccc(O)c1. The van der Waals surface area contributed by atoms with Crippen LogP contribution >= 0.6 is 0 Å². The highest BCUT2D eigenvalue weighted by Crippen LogP contribution is 2.42. The fraction of sp³-hybridized carbons (Fsp3) is 0.600. The monoisotopic (exact) mass is 257 g/mol. The van der Waals surface area contributed by atoms with Gasteiger partial charge >= 0.3 is 0 Å². The van der Waals surface area contributed by atoms with Crippen molar-refractivity contribution in [1.82, 2.24) is 4.90 Å². The van der Waals surface area contributed by atoms with Crippen molar-refractivity contribution < 1.29 is 21.2 Å². The Balaban J connectivity index is 2.57. The van der Waals surface area contributed by atoms with Crippen LogP contribution < -0.4 is 0 Å². The highest BCUT2D eigenvalue weighted by atomic mass is 16.3. The van der Waals surface area contributed by atoms with Crippen molar-refractivity contribution >= 4 is 0 Å². The summed E-state index contributed by atoms with van der Waals surface area (Å²) in [6.07, 6.45) is 1.35. The molecule has 0 saturated heterocycles. The molecule has 3 heteroatoms. The minimum Gasteiger partial charge on any atom is -0.508 e. The summed E-state index contributed by atoms with van der Waals surface area (Å²) < 4.78 is 61.9. The Morgan fingerprint density at radius 3 is 3.06 bits per heavy atom. The van der Waals surface area contributed by atoms with E-state index in [0.717, 1.165) is 0 Å². The fourth-order valence-corrected chi connectivity index (χ4v) is 2.60. The van der Waals surface area contributed by atoms with Gasteiger partial charge in [-0.3, -0.25) is 0 Å². The normalized spacial score (nSPS) is 37.3. The van der Waals surface area contributed by atoms with E-state index in [4.69, 9.17) is 11.0 Å². The maximum Gasteiger partial charge on any atom is 0.115 e. The molecule has 0 amide bonds. The van der Waals surface area contributed by atoms with Gasteiger partial charge < -0.3 is 15.1 Å². The van der Waals surface area contributed by atoms with E-state index in [2.05, 4.69) is 0 Å². The summed E-state index contributed by atoms with van der Waals surface area (Å²) in [5.41, 5.74) is -1.56. The van der Waals surface area contributed by atoms with E-state index in [-0.39, 0.29) is 29.1 Å². The molecule has 0 heterocycles. The largest absolute Gasteiger partial charge is 0.508 e. The third-order valence-corrected chi connectivity index (χ3v) is 3.51. The number of aromatic hydroxyl groups is 1. The number of phenolic OH excluding ortho intramolecular Hbond substituents is 1. The maximum absolute atomic E-state index is 11.3. The summed E-state index contributed by atoms with van der Waals surface area (Å²) >= 11 is 0. The first-order valence-corrected chi connectivity index (χ1v) is 6.03. The van der Waals surface area contributed by atoms with Crippen LogP contribution in [0.4, 0.5) is 0 Å². The summed E-state index contributed by atoms with van der Waals surface area (Å²) in [4.78, 5) is -0.100. The first-order valence-electron chi connectivity index (χ1n) is 10.0. The van der Waals surface area contributed by atoms with Gasteiger partial charge in [0.15, 0.2) is 0 Å². The number of aliphatic hydroxyl groups is 1. The highest BCUT2D eigenvalue weighted by molar-refractivity contribution is 5.32. The lowest BCUT2D eigenvalue weighted by molar-refractivity contribution is -0.0619. The van der Waals surface area contributed by atoms with Crippen molar-refractivity contribution in [3.05, 3.63) is 29.8 Å². The Bertz CT molecular complexity index is 631. The van der Waals surface area contributed by atoms with E-state index in [1.54, 1.807) is 0 Å². The molecule has 0 aromatic heterocycles. The molecule has 0 spiro atoms. The molecule has 1 aromatic carbocycles. The van der Waals surface area contributed by atoms with Gasteiger partial charge in [0.1, 0.15) is 5.75 Å². The Hall–Kier alpha value is -1.06. The third-order valence-electron chi connectivity index (χ3n) is 3.51. The molecule has 0 unspecified atom stereocenters. The lowest BCUT2D eigenvalue weighted by Gasteiger charge is -2.41. The summed E-state index contributed by atoms with van der Waals surface area (Å²) in [6, 6.07) is 5.71. The predicted molar refractivity (Wildman–Crippen MR) is 72.5 cm³/mol. The second-order valence-electron chi connectivity index (χ2n) is 4.74. The second kappa shape index (κ2) is 5.29. The molecule has 2 atom stereocenters. The molecular formula is C15H23NO2. The first-order chi connectivity index (χ1) is 11.7. The molecule has 3 nitrogen and oxygen atoms in total. The summed E-state index contributed by atoms with van der Waals surface area (Å²) in [7, 11) is 0. The highest BCUT2D eigenvalue weighted by Gasteiger charge is 2.40. The number of hydrogen-bond donors (Lipinski definition) is 2. The van der Waals surface area contributed by atoms with E-state index < -0.39 is 32.0 Å². The number of rotatable bonds is 3. The van der Waals surface area contributed by atoms with Gasteiger partial charge in [-0.1, -0.05) is 25.0 Å². The number of nitrogens with zero attached hydrogens (tertiary/aromatic N) is 1. The molecule has 1 aliphatic rings. The van der Waals surface area contributed by atoms with Gasteiger partial charge in [-0.05, 0) is 44.5 Å². The Labute approximate surface area is 120 Å². The molecule has 2 N–H and O–H groups in total. The van der Waals surface area contributed by atoms with Crippen LogP contribution in [0.25, 0.3) is 0 Å². The van der Waals surface area contributed by atoms with Gasteiger partial charge in [0.2, 0.25) is 0 Å². The van der Waals surface area contributed by atoms with Gasteiger partial charge in [0, 0.05) is 23.4 Å². The van der Waals surface area contributed by atoms with Crippen molar-refractivity contribution in [3.63, 3.8) is 0 Å². The molecule has 18 heavy (non-hydrogen) atoms. The van der Waals surface area contributed by atoms with E-state index in [9.17, 15) is 10.2 Å². The standard InChI is InChI=1S/C15H23NO2/c1-16(2)11-13-6-3-4-9-15(13,18)12-7-5-8-14(17)10-12/h5,7-8,10,13,17-18H,3-4,6,9,11H2,1-2H3/t13-,15+/m0/s1/i1D3,2D3,11D2. The van der Waals surface area contributed by atoms with Crippen LogP contribution in [0.5, 0.6) is 5.75 Å². The smallest absolute Gasteiger partial charge is 0.115 e. The zero-order valence-electron chi connectivity index (χ0n) is 18.1. The Morgan fingerprint density at radius 1 is 1.50 bits per heavy atom. The number of benzene rings is 1. The quantitative estimate of drug-likeness (QED) is 0.873. The number of hydrogen-bond acceptors (Lipinski definition) is 3. The molecular weight excluding hydrogens is 226 g/mol. The van der Waals surface area contributed by atoms with Gasteiger partial charge in [0.25, 0.3) is 0 Å². The predicted octanol–water partition coefficient (Wildman–Crippen LogP) is 2.33. The lowest BCUT2D eigenvalue weighted by Crippen LogP contribution is -2.43. The van der Waals surface area contributed by atoms with Crippen LogP contribution in [-0.2, 0) is 5.60 Å². The van der Waals surface area contributed by atoms with Crippen molar-refractivity contribution in [2.24, 2.45) is 5.92 Å². The molecule has 0 bridgehead atoms. The van der Waals surface area contributed by atoms with Crippen molar-refractivity contribution in [2.75, 3.05) is 20.4 Å². The van der Waals surface area contributed by atoms with Crippen LogP contribution in [0.1, 0.15) is 42.2 Å². The summed E-state index contributed by atoms with van der Waals surface area (Å²) in [5, 5.41) is 21.0. The molecule has 1 saturated carbocycles. The van der Waals surface area contributed by atoms with Crippen LogP contribution in [0.15, 0.2) is 24.3 Å². The van der Waals surface area contributed by atoms with E-state index in [1.165, 1.54) is 24.3 Å². The van der Waals surface area contributed by atoms with Gasteiger partial charge in [-0.2, -0.15) is 0 Å². The van der Waals surface area contributed by atoms with E-state index in [1.807, 2.05) is 0 Å². The second-order valence-corrected chi connectivity index (χ2v) is 4.74. The molecule has 1 aromatic rings. The third kappa shape index (κ3) is 2.68.